The SMILES string of the molecule is COc1ccc2c(c1Cl)C1(CCNC1)CCN2C. The van der Waals surface area contributed by atoms with E-state index < -0.39 is 0 Å². The first kappa shape index (κ1) is 12.1. The van der Waals surface area contributed by atoms with Crippen LogP contribution >= 0.6 is 11.6 Å². The predicted molar refractivity (Wildman–Crippen MR) is 75.1 cm³/mol. The molecule has 0 bridgehead atoms. The van der Waals surface area contributed by atoms with Crippen molar-refractivity contribution in [3.8, 4) is 5.75 Å². The first-order valence-electron chi connectivity index (χ1n) is 6.47. The summed E-state index contributed by atoms with van der Waals surface area (Å²) in [5, 5.41) is 4.28. The smallest absolute Gasteiger partial charge is 0.137 e. The lowest BCUT2D eigenvalue weighted by Crippen LogP contribution is -2.40. The van der Waals surface area contributed by atoms with Gasteiger partial charge in [-0.1, -0.05) is 11.6 Å². The minimum atomic E-state index is 0.202. The number of nitrogens with one attached hydrogen (secondary N) is 1. The van der Waals surface area contributed by atoms with Crippen LogP contribution in [0.4, 0.5) is 5.69 Å². The maximum Gasteiger partial charge on any atom is 0.137 e. The number of halogens is 1. The molecule has 1 saturated heterocycles. The quantitative estimate of drug-likeness (QED) is 0.845. The number of hydrogen-bond acceptors (Lipinski definition) is 3. The second kappa shape index (κ2) is 4.32. The van der Waals surface area contributed by atoms with Crippen molar-refractivity contribution in [1.29, 1.82) is 0 Å². The van der Waals surface area contributed by atoms with E-state index in [1.54, 1.807) is 7.11 Å². The summed E-state index contributed by atoms with van der Waals surface area (Å²) in [4.78, 5) is 2.30. The molecule has 0 amide bonds. The molecule has 3 nitrogen and oxygen atoms in total. The molecule has 3 rings (SSSR count). The summed E-state index contributed by atoms with van der Waals surface area (Å²) in [6.07, 6.45) is 2.33. The van der Waals surface area contributed by atoms with Crippen molar-refractivity contribution in [1.82, 2.24) is 5.32 Å². The van der Waals surface area contributed by atoms with Crippen LogP contribution in [-0.4, -0.2) is 33.8 Å². The molecular weight excluding hydrogens is 248 g/mol. The van der Waals surface area contributed by atoms with Gasteiger partial charge in [0, 0.05) is 36.8 Å². The molecule has 1 aromatic rings. The standard InChI is InChI=1S/C14H19ClN2O/c1-17-8-6-14(5-7-16-9-14)12-10(17)3-4-11(18-2)13(12)15/h3-4,16H,5-9H2,1-2H3. The molecule has 4 heteroatoms. The van der Waals surface area contributed by atoms with Gasteiger partial charge in [-0.15, -0.1) is 0 Å². The number of anilines is 1. The topological polar surface area (TPSA) is 24.5 Å². The zero-order valence-electron chi connectivity index (χ0n) is 10.9. The lowest BCUT2D eigenvalue weighted by molar-refractivity contribution is 0.398. The number of benzene rings is 1. The molecule has 2 aliphatic rings. The molecule has 1 fully saturated rings. The van der Waals surface area contributed by atoms with Crippen molar-refractivity contribution in [3.63, 3.8) is 0 Å². The molecule has 0 aliphatic carbocycles. The van der Waals surface area contributed by atoms with Crippen molar-refractivity contribution in [3.05, 3.63) is 22.7 Å². The summed E-state index contributed by atoms with van der Waals surface area (Å²) >= 11 is 6.58. The van der Waals surface area contributed by atoms with Crippen LogP contribution in [0.25, 0.3) is 0 Å². The predicted octanol–water partition coefficient (Wildman–Crippen LogP) is 2.42. The van der Waals surface area contributed by atoms with Gasteiger partial charge in [-0.05, 0) is 31.5 Å². The van der Waals surface area contributed by atoms with Crippen LogP contribution in [0.15, 0.2) is 12.1 Å². The van der Waals surface area contributed by atoms with Crippen molar-refractivity contribution >= 4 is 17.3 Å². The highest BCUT2D eigenvalue weighted by Gasteiger charge is 2.42. The van der Waals surface area contributed by atoms with E-state index in [0.717, 1.165) is 36.8 Å². The molecule has 1 spiro atoms. The number of fused-ring (bicyclic) bond motifs is 2. The largest absolute Gasteiger partial charge is 0.495 e. The minimum Gasteiger partial charge on any atom is -0.495 e. The van der Waals surface area contributed by atoms with E-state index in [1.807, 2.05) is 6.07 Å². The number of hydrogen-bond donors (Lipinski definition) is 1. The second-order valence-electron chi connectivity index (χ2n) is 5.35. The average Bonchev–Trinajstić information content (AvgIpc) is 2.84. The highest BCUT2D eigenvalue weighted by atomic mass is 35.5. The molecule has 2 heterocycles. The molecule has 0 aromatic heterocycles. The monoisotopic (exact) mass is 266 g/mol. The van der Waals surface area contributed by atoms with Gasteiger partial charge in [0.15, 0.2) is 0 Å². The lowest BCUT2D eigenvalue weighted by Gasteiger charge is -2.41. The summed E-state index contributed by atoms with van der Waals surface area (Å²) < 4.78 is 5.38. The van der Waals surface area contributed by atoms with E-state index in [9.17, 15) is 0 Å². The van der Waals surface area contributed by atoms with Gasteiger partial charge >= 0.3 is 0 Å². The molecule has 0 radical (unpaired) electrons. The van der Waals surface area contributed by atoms with Crippen molar-refractivity contribution in [2.75, 3.05) is 38.7 Å². The van der Waals surface area contributed by atoms with Gasteiger partial charge in [0.05, 0.1) is 12.1 Å². The van der Waals surface area contributed by atoms with Gasteiger partial charge in [-0.2, -0.15) is 0 Å². The van der Waals surface area contributed by atoms with Crippen LogP contribution in [0, 0.1) is 0 Å². The summed E-state index contributed by atoms with van der Waals surface area (Å²) in [7, 11) is 3.82. The maximum absolute atomic E-state index is 6.58. The average molecular weight is 267 g/mol. The van der Waals surface area contributed by atoms with Gasteiger partial charge in [-0.25, -0.2) is 0 Å². The van der Waals surface area contributed by atoms with E-state index in [1.165, 1.54) is 17.7 Å². The van der Waals surface area contributed by atoms with Crippen LogP contribution < -0.4 is 15.0 Å². The van der Waals surface area contributed by atoms with Crippen molar-refractivity contribution < 1.29 is 4.74 Å². The fraction of sp³-hybridized carbons (Fsp3) is 0.571. The van der Waals surface area contributed by atoms with Crippen LogP contribution in [-0.2, 0) is 5.41 Å². The fourth-order valence-corrected chi connectivity index (χ4v) is 3.76. The normalized spacial score (nSPS) is 26.5. The van der Waals surface area contributed by atoms with Crippen LogP contribution in [0.2, 0.25) is 5.02 Å². The molecule has 0 saturated carbocycles. The van der Waals surface area contributed by atoms with E-state index >= 15 is 0 Å². The number of nitrogens with zero attached hydrogens (tertiary/aromatic N) is 1. The van der Waals surface area contributed by atoms with E-state index in [-0.39, 0.29) is 5.41 Å². The van der Waals surface area contributed by atoms with Gasteiger partial charge in [-0.3, -0.25) is 0 Å². The van der Waals surface area contributed by atoms with Crippen LogP contribution in [0.3, 0.4) is 0 Å². The molecule has 1 atom stereocenters. The van der Waals surface area contributed by atoms with Crippen molar-refractivity contribution in [2.24, 2.45) is 0 Å². The molecule has 18 heavy (non-hydrogen) atoms. The molecule has 98 valence electrons. The molecule has 2 aliphatic heterocycles. The number of ether oxygens (including phenoxy) is 1. The molecular formula is C14H19ClN2O. The second-order valence-corrected chi connectivity index (χ2v) is 5.73. The fourth-order valence-electron chi connectivity index (χ4n) is 3.32. The Morgan fingerprint density at radius 2 is 2.22 bits per heavy atom. The zero-order valence-corrected chi connectivity index (χ0v) is 11.7. The summed E-state index contributed by atoms with van der Waals surface area (Å²) in [6.45, 7) is 3.20. The molecule has 1 aromatic carbocycles. The van der Waals surface area contributed by atoms with Gasteiger partial charge in [0.25, 0.3) is 0 Å². The van der Waals surface area contributed by atoms with Crippen LogP contribution in [0.5, 0.6) is 5.75 Å². The Balaban J connectivity index is 2.20. The van der Waals surface area contributed by atoms with Gasteiger partial charge in [0.2, 0.25) is 0 Å². The Labute approximate surface area is 113 Å². The third kappa shape index (κ3) is 1.61. The third-order valence-electron chi connectivity index (χ3n) is 4.42. The Morgan fingerprint density at radius 1 is 1.39 bits per heavy atom. The summed E-state index contributed by atoms with van der Waals surface area (Å²) in [5.41, 5.74) is 2.74. The third-order valence-corrected chi connectivity index (χ3v) is 4.79. The number of methoxy groups -OCH3 is 1. The number of rotatable bonds is 1. The highest BCUT2D eigenvalue weighted by Crippen LogP contribution is 2.49. The lowest BCUT2D eigenvalue weighted by atomic mass is 9.73. The summed E-state index contributed by atoms with van der Waals surface area (Å²) in [6, 6.07) is 4.11. The first-order chi connectivity index (χ1) is 8.68. The van der Waals surface area contributed by atoms with E-state index in [2.05, 4.69) is 23.3 Å². The van der Waals surface area contributed by atoms with Gasteiger partial charge < -0.3 is 15.0 Å². The molecule has 1 N–H and O–H groups in total. The Kier molecular flexibility index (Phi) is 2.91. The van der Waals surface area contributed by atoms with Crippen molar-refractivity contribution in [2.45, 2.75) is 18.3 Å². The van der Waals surface area contributed by atoms with E-state index in [0.29, 0.717) is 0 Å². The minimum absolute atomic E-state index is 0.202. The Hall–Kier alpha value is -0.930. The Bertz CT molecular complexity index is 469. The zero-order chi connectivity index (χ0) is 12.8. The summed E-state index contributed by atoms with van der Waals surface area (Å²) in [5.74, 6) is 0.789. The Morgan fingerprint density at radius 3 is 2.89 bits per heavy atom. The van der Waals surface area contributed by atoms with Crippen LogP contribution in [0.1, 0.15) is 18.4 Å². The highest BCUT2D eigenvalue weighted by molar-refractivity contribution is 6.33. The van der Waals surface area contributed by atoms with Gasteiger partial charge in [0.1, 0.15) is 5.75 Å². The maximum atomic E-state index is 6.58. The molecule has 1 unspecified atom stereocenters. The first-order valence-corrected chi connectivity index (χ1v) is 6.84. The van der Waals surface area contributed by atoms with E-state index in [4.69, 9.17) is 16.3 Å².